The predicted octanol–water partition coefficient (Wildman–Crippen LogP) is 0.612. The SMILES string of the molecule is Cc1nc(NCCCN)cc(N(C)C)n1. The van der Waals surface area contributed by atoms with E-state index in [0.717, 1.165) is 30.4 Å². The van der Waals surface area contributed by atoms with Crippen LogP contribution in [0, 0.1) is 6.92 Å². The van der Waals surface area contributed by atoms with Gasteiger partial charge in [-0.1, -0.05) is 0 Å². The fourth-order valence-corrected chi connectivity index (χ4v) is 1.19. The Morgan fingerprint density at radius 1 is 1.40 bits per heavy atom. The number of nitrogens with two attached hydrogens (primary N) is 1. The highest BCUT2D eigenvalue weighted by Crippen LogP contribution is 2.12. The number of hydrogen-bond acceptors (Lipinski definition) is 5. The Bertz CT molecular complexity index is 311. The van der Waals surface area contributed by atoms with Gasteiger partial charge in [0.15, 0.2) is 0 Å². The minimum Gasteiger partial charge on any atom is -0.370 e. The van der Waals surface area contributed by atoms with Crippen LogP contribution < -0.4 is 16.0 Å². The van der Waals surface area contributed by atoms with Crippen LogP contribution in [0.25, 0.3) is 0 Å². The van der Waals surface area contributed by atoms with Crippen molar-refractivity contribution >= 4 is 11.6 Å². The zero-order valence-electron chi connectivity index (χ0n) is 9.62. The smallest absolute Gasteiger partial charge is 0.133 e. The molecule has 0 aromatic carbocycles. The lowest BCUT2D eigenvalue weighted by Crippen LogP contribution is -2.14. The Labute approximate surface area is 90.7 Å². The van der Waals surface area contributed by atoms with Crippen LogP contribution in [0.1, 0.15) is 12.2 Å². The van der Waals surface area contributed by atoms with E-state index in [1.54, 1.807) is 0 Å². The molecule has 0 spiro atoms. The first-order valence-corrected chi connectivity index (χ1v) is 5.10. The first-order chi connectivity index (χ1) is 7.13. The van der Waals surface area contributed by atoms with E-state index in [2.05, 4.69) is 15.3 Å². The molecule has 0 aliphatic carbocycles. The molecule has 5 nitrogen and oxygen atoms in total. The molecule has 1 heterocycles. The molecule has 0 atom stereocenters. The van der Waals surface area contributed by atoms with Crippen LogP contribution >= 0.6 is 0 Å². The minimum absolute atomic E-state index is 0.692. The third-order valence-electron chi connectivity index (χ3n) is 1.97. The largest absolute Gasteiger partial charge is 0.370 e. The summed E-state index contributed by atoms with van der Waals surface area (Å²) in [6, 6.07) is 1.93. The monoisotopic (exact) mass is 209 g/mol. The number of aromatic nitrogens is 2. The first kappa shape index (κ1) is 11.7. The molecule has 15 heavy (non-hydrogen) atoms. The summed E-state index contributed by atoms with van der Waals surface area (Å²) >= 11 is 0. The lowest BCUT2D eigenvalue weighted by Gasteiger charge is -2.13. The van der Waals surface area contributed by atoms with Crippen molar-refractivity contribution in [1.82, 2.24) is 9.97 Å². The molecule has 0 aliphatic heterocycles. The molecule has 0 saturated carbocycles. The van der Waals surface area contributed by atoms with E-state index in [-0.39, 0.29) is 0 Å². The highest BCUT2D eigenvalue weighted by Gasteiger charge is 2.02. The molecule has 1 aromatic heterocycles. The summed E-state index contributed by atoms with van der Waals surface area (Å²) in [5.74, 6) is 2.55. The van der Waals surface area contributed by atoms with Crippen molar-refractivity contribution in [2.24, 2.45) is 5.73 Å². The van der Waals surface area contributed by atoms with Crippen molar-refractivity contribution in [1.29, 1.82) is 0 Å². The van der Waals surface area contributed by atoms with Crippen molar-refractivity contribution < 1.29 is 0 Å². The van der Waals surface area contributed by atoms with Gasteiger partial charge in [-0.15, -0.1) is 0 Å². The lowest BCUT2D eigenvalue weighted by molar-refractivity contribution is 0.865. The van der Waals surface area contributed by atoms with E-state index in [0.29, 0.717) is 6.54 Å². The van der Waals surface area contributed by atoms with E-state index >= 15 is 0 Å². The Balaban J connectivity index is 2.71. The van der Waals surface area contributed by atoms with Crippen LogP contribution in [0.5, 0.6) is 0 Å². The zero-order chi connectivity index (χ0) is 11.3. The lowest BCUT2D eigenvalue weighted by atomic mass is 10.4. The van der Waals surface area contributed by atoms with Gasteiger partial charge >= 0.3 is 0 Å². The Hall–Kier alpha value is -1.36. The quantitative estimate of drug-likeness (QED) is 0.696. The standard InChI is InChI=1S/C10H19N5/c1-8-13-9(12-6-4-5-11)7-10(14-8)15(2)3/h7H,4-6,11H2,1-3H3,(H,12,13,14). The van der Waals surface area contributed by atoms with Gasteiger partial charge in [0.25, 0.3) is 0 Å². The number of anilines is 2. The van der Waals surface area contributed by atoms with Crippen molar-refractivity contribution in [2.75, 3.05) is 37.4 Å². The van der Waals surface area contributed by atoms with Crippen molar-refractivity contribution in [3.63, 3.8) is 0 Å². The summed E-state index contributed by atoms with van der Waals surface area (Å²) in [4.78, 5) is 10.6. The van der Waals surface area contributed by atoms with Crippen LogP contribution in [0.4, 0.5) is 11.6 Å². The Morgan fingerprint density at radius 2 is 2.13 bits per heavy atom. The molecule has 1 rings (SSSR count). The normalized spacial score (nSPS) is 10.1. The fourth-order valence-electron chi connectivity index (χ4n) is 1.19. The maximum absolute atomic E-state index is 5.42. The van der Waals surface area contributed by atoms with Gasteiger partial charge in [0.1, 0.15) is 17.5 Å². The zero-order valence-corrected chi connectivity index (χ0v) is 9.62. The van der Waals surface area contributed by atoms with Crippen molar-refractivity contribution in [3.05, 3.63) is 11.9 Å². The van der Waals surface area contributed by atoms with E-state index in [9.17, 15) is 0 Å². The summed E-state index contributed by atoms with van der Waals surface area (Å²) in [6.07, 6.45) is 0.945. The summed E-state index contributed by atoms with van der Waals surface area (Å²) in [5, 5.41) is 3.22. The molecule has 0 aliphatic rings. The van der Waals surface area contributed by atoms with Gasteiger partial charge in [0.2, 0.25) is 0 Å². The van der Waals surface area contributed by atoms with E-state index in [1.165, 1.54) is 0 Å². The molecule has 0 unspecified atom stereocenters. The molecule has 0 fully saturated rings. The molecule has 84 valence electrons. The van der Waals surface area contributed by atoms with Crippen LogP contribution in [0.3, 0.4) is 0 Å². The van der Waals surface area contributed by atoms with Crippen molar-refractivity contribution in [2.45, 2.75) is 13.3 Å². The predicted molar refractivity (Wildman–Crippen MR) is 63.3 cm³/mol. The van der Waals surface area contributed by atoms with Crippen LogP contribution in [0.2, 0.25) is 0 Å². The molecule has 0 bridgehead atoms. The second-order valence-electron chi connectivity index (χ2n) is 3.62. The molecule has 0 saturated heterocycles. The second kappa shape index (κ2) is 5.50. The van der Waals surface area contributed by atoms with Gasteiger partial charge in [-0.3, -0.25) is 0 Å². The summed E-state index contributed by atoms with van der Waals surface area (Å²) in [7, 11) is 3.93. The number of nitrogens with zero attached hydrogens (tertiary/aromatic N) is 3. The Morgan fingerprint density at radius 3 is 2.73 bits per heavy atom. The van der Waals surface area contributed by atoms with E-state index < -0.39 is 0 Å². The molecular weight excluding hydrogens is 190 g/mol. The van der Waals surface area contributed by atoms with Crippen LogP contribution in [-0.4, -0.2) is 37.2 Å². The van der Waals surface area contributed by atoms with Gasteiger partial charge < -0.3 is 16.0 Å². The first-order valence-electron chi connectivity index (χ1n) is 5.10. The molecule has 0 amide bonds. The van der Waals surface area contributed by atoms with Gasteiger partial charge in [-0.25, -0.2) is 9.97 Å². The number of rotatable bonds is 5. The number of aryl methyl sites for hydroxylation is 1. The average molecular weight is 209 g/mol. The topological polar surface area (TPSA) is 67.1 Å². The molecule has 5 heteroatoms. The van der Waals surface area contributed by atoms with E-state index in [4.69, 9.17) is 5.73 Å². The van der Waals surface area contributed by atoms with Gasteiger partial charge in [0, 0.05) is 26.7 Å². The van der Waals surface area contributed by atoms with Gasteiger partial charge in [0.05, 0.1) is 0 Å². The average Bonchev–Trinajstić information content (AvgIpc) is 2.17. The van der Waals surface area contributed by atoms with Crippen molar-refractivity contribution in [3.8, 4) is 0 Å². The van der Waals surface area contributed by atoms with Gasteiger partial charge in [-0.2, -0.15) is 0 Å². The highest BCUT2D eigenvalue weighted by atomic mass is 15.2. The minimum atomic E-state index is 0.692. The van der Waals surface area contributed by atoms with Crippen LogP contribution in [-0.2, 0) is 0 Å². The molecule has 1 aromatic rings. The third-order valence-corrected chi connectivity index (χ3v) is 1.97. The molecular formula is C10H19N5. The maximum Gasteiger partial charge on any atom is 0.133 e. The van der Waals surface area contributed by atoms with Gasteiger partial charge in [-0.05, 0) is 19.9 Å². The van der Waals surface area contributed by atoms with E-state index in [1.807, 2.05) is 32.0 Å². The Kier molecular flexibility index (Phi) is 4.30. The molecule has 0 radical (unpaired) electrons. The fraction of sp³-hybridized carbons (Fsp3) is 0.600. The summed E-state index contributed by atoms with van der Waals surface area (Å²) in [5.41, 5.74) is 5.42. The number of hydrogen-bond donors (Lipinski definition) is 2. The second-order valence-corrected chi connectivity index (χ2v) is 3.62. The van der Waals surface area contributed by atoms with Crippen LogP contribution in [0.15, 0.2) is 6.07 Å². The molecule has 3 N–H and O–H groups in total. The summed E-state index contributed by atoms with van der Waals surface area (Å²) in [6.45, 7) is 3.43. The summed E-state index contributed by atoms with van der Waals surface area (Å²) < 4.78 is 0. The highest BCUT2D eigenvalue weighted by molar-refractivity contribution is 5.48. The maximum atomic E-state index is 5.42. The third kappa shape index (κ3) is 3.71. The number of nitrogens with one attached hydrogen (secondary N) is 1.